The number of aliphatic carboxylic acids is 1. The molecule has 1 heterocycles. The predicted octanol–water partition coefficient (Wildman–Crippen LogP) is 1.99. The zero-order chi connectivity index (χ0) is 14.0. The summed E-state index contributed by atoms with van der Waals surface area (Å²) in [4.78, 5) is 10.7. The average molecular weight is 268 g/mol. The quantitative estimate of drug-likeness (QED) is 0.889. The summed E-state index contributed by atoms with van der Waals surface area (Å²) in [6.07, 6.45) is 0.894. The first kappa shape index (κ1) is 13.0. The van der Waals surface area contributed by atoms with Crippen LogP contribution in [0.25, 0.3) is 11.1 Å². The minimum absolute atomic E-state index is 0.0664. The topological polar surface area (TPSA) is 75.2 Å². The molecule has 0 saturated carbocycles. The zero-order valence-corrected chi connectivity index (χ0v) is 9.91. The smallest absolute Gasteiger partial charge is 0.309 e. The van der Waals surface area contributed by atoms with Crippen LogP contribution in [0, 0.1) is 11.6 Å². The van der Waals surface area contributed by atoms with Gasteiger partial charge in [-0.3, -0.25) is 9.89 Å². The van der Waals surface area contributed by atoms with E-state index in [1.807, 2.05) is 0 Å². The van der Waals surface area contributed by atoms with E-state index in [-0.39, 0.29) is 29.0 Å². The summed E-state index contributed by atoms with van der Waals surface area (Å²) < 4.78 is 32.1. The molecule has 0 saturated heterocycles. The van der Waals surface area contributed by atoms with Crippen molar-refractivity contribution < 1.29 is 23.4 Å². The Morgan fingerprint density at radius 2 is 2.11 bits per heavy atom. The lowest BCUT2D eigenvalue weighted by atomic mass is 10.0. The van der Waals surface area contributed by atoms with Crippen LogP contribution < -0.4 is 4.74 Å². The van der Waals surface area contributed by atoms with Gasteiger partial charge in [-0.2, -0.15) is 5.10 Å². The minimum atomic E-state index is -1.10. The Bertz CT molecular complexity index is 625. The van der Waals surface area contributed by atoms with Crippen LogP contribution in [-0.4, -0.2) is 28.4 Å². The van der Waals surface area contributed by atoms with Crippen molar-refractivity contribution in [2.45, 2.75) is 6.42 Å². The monoisotopic (exact) mass is 268 g/mol. The SMILES string of the molecule is COc1cc(F)c(-c2cn[nH]c2CC(=O)O)cc1F. The summed E-state index contributed by atoms with van der Waals surface area (Å²) in [6, 6.07) is 1.85. The van der Waals surface area contributed by atoms with E-state index in [9.17, 15) is 13.6 Å². The molecule has 0 spiro atoms. The molecule has 0 aliphatic rings. The number of rotatable bonds is 4. The summed E-state index contributed by atoms with van der Waals surface area (Å²) in [6.45, 7) is 0. The van der Waals surface area contributed by atoms with Crippen LogP contribution >= 0.6 is 0 Å². The number of H-pyrrole nitrogens is 1. The second-order valence-electron chi connectivity index (χ2n) is 3.80. The number of halogens is 2. The molecule has 1 aromatic carbocycles. The van der Waals surface area contributed by atoms with Gasteiger partial charge in [0.05, 0.1) is 25.4 Å². The summed E-state index contributed by atoms with van der Waals surface area (Å²) in [5.41, 5.74) is 0.348. The number of carboxylic acid groups (broad SMARTS) is 1. The van der Waals surface area contributed by atoms with Crippen molar-refractivity contribution >= 4 is 5.97 Å². The molecule has 5 nitrogen and oxygen atoms in total. The first-order valence-corrected chi connectivity index (χ1v) is 5.30. The molecule has 1 aromatic heterocycles. The number of aromatic amines is 1. The van der Waals surface area contributed by atoms with Gasteiger partial charge in [-0.05, 0) is 6.07 Å². The summed E-state index contributed by atoms with van der Waals surface area (Å²) in [5, 5.41) is 14.8. The van der Waals surface area contributed by atoms with Gasteiger partial charge in [-0.15, -0.1) is 0 Å². The molecular weight excluding hydrogens is 258 g/mol. The van der Waals surface area contributed by atoms with E-state index in [4.69, 9.17) is 5.11 Å². The number of methoxy groups -OCH3 is 1. The maximum absolute atomic E-state index is 13.9. The van der Waals surface area contributed by atoms with E-state index in [0.29, 0.717) is 0 Å². The molecular formula is C12H10F2N2O3. The van der Waals surface area contributed by atoms with Gasteiger partial charge < -0.3 is 9.84 Å². The molecule has 0 atom stereocenters. The summed E-state index contributed by atoms with van der Waals surface area (Å²) in [5.74, 6) is -2.77. The van der Waals surface area contributed by atoms with Gasteiger partial charge in [-0.25, -0.2) is 8.78 Å². The van der Waals surface area contributed by atoms with Crippen molar-refractivity contribution in [2.75, 3.05) is 7.11 Å². The molecule has 7 heteroatoms. The number of carbonyl (C=O) groups is 1. The third kappa shape index (κ3) is 2.54. The lowest BCUT2D eigenvalue weighted by molar-refractivity contribution is -0.136. The molecule has 0 fully saturated rings. The van der Waals surface area contributed by atoms with Crippen LogP contribution in [0.1, 0.15) is 5.69 Å². The Morgan fingerprint density at radius 3 is 2.74 bits per heavy atom. The zero-order valence-electron chi connectivity index (χ0n) is 9.91. The van der Waals surface area contributed by atoms with Gasteiger partial charge in [0.2, 0.25) is 0 Å². The molecule has 0 amide bonds. The van der Waals surface area contributed by atoms with Gasteiger partial charge in [0.25, 0.3) is 0 Å². The molecule has 0 aliphatic carbocycles. The number of benzene rings is 1. The van der Waals surface area contributed by atoms with Gasteiger partial charge in [0, 0.05) is 17.2 Å². The molecule has 0 bridgehead atoms. The number of nitrogens with one attached hydrogen (secondary N) is 1. The number of ether oxygens (including phenoxy) is 1. The molecule has 2 N–H and O–H groups in total. The molecule has 0 radical (unpaired) electrons. The fourth-order valence-corrected chi connectivity index (χ4v) is 1.72. The number of nitrogens with zero attached hydrogens (tertiary/aromatic N) is 1. The van der Waals surface area contributed by atoms with Crippen LogP contribution in [-0.2, 0) is 11.2 Å². The highest BCUT2D eigenvalue weighted by Crippen LogP contribution is 2.30. The molecule has 2 aromatic rings. The Balaban J connectivity index is 2.50. The lowest BCUT2D eigenvalue weighted by Gasteiger charge is -2.07. The van der Waals surface area contributed by atoms with Crippen molar-refractivity contribution in [2.24, 2.45) is 0 Å². The molecule has 100 valence electrons. The third-order valence-corrected chi connectivity index (χ3v) is 2.58. The highest BCUT2D eigenvalue weighted by Gasteiger charge is 2.17. The summed E-state index contributed by atoms with van der Waals surface area (Å²) in [7, 11) is 1.23. The van der Waals surface area contributed by atoms with E-state index in [0.717, 1.165) is 12.1 Å². The highest BCUT2D eigenvalue weighted by atomic mass is 19.1. The number of hydrogen-bond acceptors (Lipinski definition) is 3. The normalized spacial score (nSPS) is 10.5. The molecule has 0 aliphatic heterocycles. The second-order valence-corrected chi connectivity index (χ2v) is 3.80. The van der Waals surface area contributed by atoms with Crippen LogP contribution in [0.3, 0.4) is 0 Å². The fourth-order valence-electron chi connectivity index (χ4n) is 1.72. The van der Waals surface area contributed by atoms with Crippen LogP contribution in [0.15, 0.2) is 18.3 Å². The van der Waals surface area contributed by atoms with Crippen molar-refractivity contribution in [3.8, 4) is 16.9 Å². The van der Waals surface area contributed by atoms with Crippen molar-refractivity contribution in [3.05, 3.63) is 35.7 Å². The molecule has 0 unspecified atom stereocenters. The maximum Gasteiger partial charge on any atom is 0.309 e. The van der Waals surface area contributed by atoms with Crippen molar-refractivity contribution in [1.29, 1.82) is 0 Å². The molecule has 2 rings (SSSR count). The third-order valence-electron chi connectivity index (χ3n) is 2.58. The van der Waals surface area contributed by atoms with Crippen LogP contribution in [0.5, 0.6) is 5.75 Å². The van der Waals surface area contributed by atoms with E-state index < -0.39 is 17.6 Å². The Kier molecular flexibility index (Phi) is 3.46. The van der Waals surface area contributed by atoms with Crippen molar-refractivity contribution in [3.63, 3.8) is 0 Å². The molecule has 19 heavy (non-hydrogen) atoms. The highest BCUT2D eigenvalue weighted by molar-refractivity contribution is 5.75. The Hall–Kier alpha value is -2.44. The van der Waals surface area contributed by atoms with Crippen LogP contribution in [0.4, 0.5) is 8.78 Å². The van der Waals surface area contributed by atoms with Gasteiger partial charge in [0.15, 0.2) is 11.6 Å². The first-order chi connectivity index (χ1) is 9.02. The lowest BCUT2D eigenvalue weighted by Crippen LogP contribution is -2.02. The summed E-state index contributed by atoms with van der Waals surface area (Å²) >= 11 is 0. The van der Waals surface area contributed by atoms with Gasteiger partial charge >= 0.3 is 5.97 Å². The minimum Gasteiger partial charge on any atom is -0.494 e. The first-order valence-electron chi connectivity index (χ1n) is 5.30. The van der Waals surface area contributed by atoms with Crippen molar-refractivity contribution in [1.82, 2.24) is 10.2 Å². The number of hydrogen-bond donors (Lipinski definition) is 2. The van der Waals surface area contributed by atoms with Gasteiger partial charge in [-0.1, -0.05) is 0 Å². The maximum atomic E-state index is 13.9. The largest absolute Gasteiger partial charge is 0.494 e. The fraction of sp³-hybridized carbons (Fsp3) is 0.167. The van der Waals surface area contributed by atoms with Gasteiger partial charge in [0.1, 0.15) is 5.82 Å². The standard InChI is InChI=1S/C12H10F2N2O3/c1-19-11-3-8(13)6(2-9(11)14)7-5-15-16-10(7)4-12(17)18/h2-3,5H,4H2,1H3,(H,15,16)(H,17,18). The Morgan fingerprint density at radius 1 is 1.37 bits per heavy atom. The van der Waals surface area contributed by atoms with E-state index >= 15 is 0 Å². The number of carboxylic acids is 1. The predicted molar refractivity (Wildman–Crippen MR) is 61.8 cm³/mol. The average Bonchev–Trinajstić information content (AvgIpc) is 2.78. The number of aromatic nitrogens is 2. The Labute approximate surface area is 106 Å². The van der Waals surface area contributed by atoms with E-state index in [1.165, 1.54) is 13.3 Å². The van der Waals surface area contributed by atoms with Crippen LogP contribution in [0.2, 0.25) is 0 Å². The van der Waals surface area contributed by atoms with E-state index in [1.54, 1.807) is 0 Å². The second kappa shape index (κ2) is 5.05. The van der Waals surface area contributed by atoms with E-state index in [2.05, 4.69) is 14.9 Å².